The Kier molecular flexibility index (Phi) is 4.20. The summed E-state index contributed by atoms with van der Waals surface area (Å²) in [6, 6.07) is 0. The first-order valence-corrected chi connectivity index (χ1v) is 5.87. The van der Waals surface area contributed by atoms with E-state index in [1.165, 1.54) is 0 Å². The van der Waals surface area contributed by atoms with Crippen molar-refractivity contribution in [3.8, 4) is 0 Å². The van der Waals surface area contributed by atoms with Gasteiger partial charge in [-0.3, -0.25) is 4.57 Å². The molecule has 0 amide bonds. The maximum Gasteiger partial charge on any atom is 0.421 e. The molecule has 1 aromatic rings. The molecule has 6 nitrogen and oxygen atoms in total. The molecular weight excluding hydrogens is 317 g/mol. The third-order valence-electron chi connectivity index (χ3n) is 3.08. The summed E-state index contributed by atoms with van der Waals surface area (Å²) >= 11 is 0. The molecule has 0 radical (unpaired) electrons. The maximum atomic E-state index is 13.8. The van der Waals surface area contributed by atoms with Gasteiger partial charge in [-0.15, -0.1) is 0 Å². The molecule has 3 atom stereocenters. The van der Waals surface area contributed by atoms with Gasteiger partial charge in [0.2, 0.25) is 0 Å². The molecule has 1 aliphatic rings. The fourth-order valence-corrected chi connectivity index (χ4v) is 2.01. The van der Waals surface area contributed by atoms with Gasteiger partial charge in [0.15, 0.2) is 12.4 Å². The van der Waals surface area contributed by atoms with E-state index in [2.05, 4.69) is 4.98 Å². The van der Waals surface area contributed by atoms with Crippen LogP contribution in [0.4, 0.5) is 27.8 Å². The number of rotatable bonds is 2. The standard InChI is InChI=1S/C11H10F5N3O3/c12-1-4-7(13)6(3-20)22-9(4)19-2-5(11(14,15)16)8(17)18-10(19)21/h1-2,6-7,9,20H,3H2,(H2,17,18,21). The average Bonchev–Trinajstić information content (AvgIpc) is 2.73. The number of hydrogen-bond acceptors (Lipinski definition) is 5. The zero-order valence-electron chi connectivity index (χ0n) is 10.7. The smallest absolute Gasteiger partial charge is 0.394 e. The van der Waals surface area contributed by atoms with Crippen molar-refractivity contribution in [2.45, 2.75) is 24.7 Å². The van der Waals surface area contributed by atoms with Crippen LogP contribution in [0.2, 0.25) is 0 Å². The molecule has 2 rings (SSSR count). The molecule has 122 valence electrons. The van der Waals surface area contributed by atoms with E-state index >= 15 is 0 Å². The van der Waals surface area contributed by atoms with Crippen molar-refractivity contribution >= 4 is 5.82 Å². The molecule has 3 unspecified atom stereocenters. The number of anilines is 1. The van der Waals surface area contributed by atoms with Crippen LogP contribution in [0.5, 0.6) is 0 Å². The Hall–Kier alpha value is -2.01. The number of halogens is 5. The number of ether oxygens (including phenoxy) is 1. The number of aliphatic hydroxyl groups excluding tert-OH is 1. The summed E-state index contributed by atoms with van der Waals surface area (Å²) in [5, 5.41) is 8.89. The number of aromatic nitrogens is 2. The maximum absolute atomic E-state index is 13.8. The number of aliphatic hydroxyl groups is 1. The summed E-state index contributed by atoms with van der Waals surface area (Å²) in [5.41, 5.74) is 1.58. The largest absolute Gasteiger partial charge is 0.421 e. The van der Waals surface area contributed by atoms with Gasteiger partial charge in [0.1, 0.15) is 17.5 Å². The Labute approximate surface area is 119 Å². The Balaban J connectivity index is 2.56. The van der Waals surface area contributed by atoms with Crippen LogP contribution in [0.25, 0.3) is 0 Å². The lowest BCUT2D eigenvalue weighted by Crippen LogP contribution is -2.31. The number of nitrogens with zero attached hydrogens (tertiary/aromatic N) is 2. The van der Waals surface area contributed by atoms with Crippen LogP contribution in [-0.4, -0.2) is 33.5 Å². The highest BCUT2D eigenvalue weighted by Gasteiger charge is 2.43. The minimum absolute atomic E-state index is 0.221. The van der Waals surface area contributed by atoms with Gasteiger partial charge in [0.05, 0.1) is 12.9 Å². The van der Waals surface area contributed by atoms with Crippen molar-refractivity contribution in [3.05, 3.63) is 34.1 Å². The average molecular weight is 327 g/mol. The third-order valence-corrected chi connectivity index (χ3v) is 3.08. The predicted molar refractivity (Wildman–Crippen MR) is 63.0 cm³/mol. The molecule has 22 heavy (non-hydrogen) atoms. The molecule has 1 aliphatic heterocycles. The molecule has 1 aromatic heterocycles. The molecule has 1 fully saturated rings. The van der Waals surface area contributed by atoms with Crippen LogP contribution in [0.3, 0.4) is 0 Å². The van der Waals surface area contributed by atoms with Crippen LogP contribution in [-0.2, 0) is 10.9 Å². The van der Waals surface area contributed by atoms with Crippen molar-refractivity contribution in [1.82, 2.24) is 9.55 Å². The van der Waals surface area contributed by atoms with E-state index in [1.54, 1.807) is 0 Å². The number of hydrogen-bond donors (Lipinski definition) is 2. The molecule has 11 heteroatoms. The highest BCUT2D eigenvalue weighted by Crippen LogP contribution is 2.37. The normalized spacial score (nSPS) is 27.5. The van der Waals surface area contributed by atoms with Gasteiger partial charge < -0.3 is 15.6 Å². The summed E-state index contributed by atoms with van der Waals surface area (Å²) in [6.07, 6.45) is -10.3. The van der Waals surface area contributed by atoms with E-state index in [0.29, 0.717) is 0 Å². The minimum Gasteiger partial charge on any atom is -0.394 e. The Morgan fingerprint density at radius 1 is 1.50 bits per heavy atom. The second-order valence-corrected chi connectivity index (χ2v) is 4.45. The highest BCUT2D eigenvalue weighted by atomic mass is 19.4. The minimum atomic E-state index is -4.92. The van der Waals surface area contributed by atoms with Crippen LogP contribution >= 0.6 is 0 Å². The summed E-state index contributed by atoms with van der Waals surface area (Å²) in [4.78, 5) is 14.6. The van der Waals surface area contributed by atoms with Gasteiger partial charge in [-0.25, -0.2) is 13.6 Å². The number of nitrogen functional groups attached to an aromatic ring is 1. The fraction of sp³-hybridized carbons (Fsp3) is 0.455. The van der Waals surface area contributed by atoms with E-state index < -0.39 is 53.9 Å². The van der Waals surface area contributed by atoms with Gasteiger partial charge in [0, 0.05) is 11.8 Å². The molecule has 0 aliphatic carbocycles. The zero-order valence-corrected chi connectivity index (χ0v) is 10.7. The molecule has 0 aromatic carbocycles. The van der Waals surface area contributed by atoms with Crippen molar-refractivity contribution in [2.75, 3.05) is 12.3 Å². The van der Waals surface area contributed by atoms with Crippen LogP contribution < -0.4 is 11.4 Å². The molecule has 2 heterocycles. The van der Waals surface area contributed by atoms with E-state index in [1.807, 2.05) is 0 Å². The van der Waals surface area contributed by atoms with Crippen molar-refractivity contribution in [2.24, 2.45) is 0 Å². The van der Waals surface area contributed by atoms with Gasteiger partial charge >= 0.3 is 11.9 Å². The lowest BCUT2D eigenvalue weighted by Gasteiger charge is -2.17. The second-order valence-electron chi connectivity index (χ2n) is 4.45. The van der Waals surface area contributed by atoms with E-state index in [-0.39, 0.29) is 17.1 Å². The highest BCUT2D eigenvalue weighted by molar-refractivity contribution is 5.39. The quantitative estimate of drug-likeness (QED) is 0.789. The topological polar surface area (TPSA) is 90.4 Å². The van der Waals surface area contributed by atoms with E-state index in [4.69, 9.17) is 15.6 Å². The molecule has 0 bridgehead atoms. The van der Waals surface area contributed by atoms with E-state index in [0.717, 1.165) is 0 Å². The summed E-state index contributed by atoms with van der Waals surface area (Å²) in [7, 11) is 0. The lowest BCUT2D eigenvalue weighted by atomic mass is 10.1. The Morgan fingerprint density at radius 3 is 2.64 bits per heavy atom. The van der Waals surface area contributed by atoms with Gasteiger partial charge in [-0.05, 0) is 0 Å². The van der Waals surface area contributed by atoms with Crippen molar-refractivity contribution in [3.63, 3.8) is 0 Å². The van der Waals surface area contributed by atoms with Crippen molar-refractivity contribution in [1.29, 1.82) is 0 Å². The second kappa shape index (κ2) is 5.65. The Bertz CT molecular complexity index is 657. The molecule has 0 spiro atoms. The first-order chi connectivity index (χ1) is 10.2. The molecular formula is C11H10F5N3O3. The predicted octanol–water partition coefficient (Wildman–Crippen LogP) is 0.925. The molecule has 1 saturated heterocycles. The first kappa shape index (κ1) is 16.4. The first-order valence-electron chi connectivity index (χ1n) is 5.87. The molecule has 3 N–H and O–H groups in total. The summed E-state index contributed by atoms with van der Waals surface area (Å²) in [6.45, 7) is -0.849. The SMILES string of the molecule is Nc1nc(=O)n(C2OC(CO)C(F)C2=CF)cc1C(F)(F)F. The number of alkyl halides is 4. The van der Waals surface area contributed by atoms with Crippen LogP contribution in [0, 0.1) is 0 Å². The van der Waals surface area contributed by atoms with Crippen LogP contribution in [0.1, 0.15) is 11.8 Å². The Morgan fingerprint density at radius 2 is 2.14 bits per heavy atom. The summed E-state index contributed by atoms with van der Waals surface area (Å²) in [5.74, 6) is -1.06. The zero-order chi connectivity index (χ0) is 16.7. The number of nitrogens with two attached hydrogens (primary N) is 1. The molecule has 0 saturated carbocycles. The van der Waals surface area contributed by atoms with E-state index in [9.17, 15) is 26.7 Å². The monoisotopic (exact) mass is 327 g/mol. The lowest BCUT2D eigenvalue weighted by molar-refractivity contribution is -0.138. The van der Waals surface area contributed by atoms with Gasteiger partial charge in [-0.2, -0.15) is 18.2 Å². The van der Waals surface area contributed by atoms with Crippen LogP contribution in [0.15, 0.2) is 22.9 Å². The summed E-state index contributed by atoms with van der Waals surface area (Å²) < 4.78 is 70.0. The van der Waals surface area contributed by atoms with Gasteiger partial charge in [0.25, 0.3) is 0 Å². The fourth-order valence-electron chi connectivity index (χ4n) is 2.01. The van der Waals surface area contributed by atoms with Crippen molar-refractivity contribution < 1.29 is 31.8 Å². The van der Waals surface area contributed by atoms with Gasteiger partial charge in [-0.1, -0.05) is 0 Å². The third kappa shape index (κ3) is 2.68.